The molecule has 3 aromatic rings. The van der Waals surface area contributed by atoms with Crippen molar-refractivity contribution in [3.63, 3.8) is 0 Å². The first-order chi connectivity index (χ1) is 12.7. The fraction of sp³-hybridized carbons (Fsp3) is 0.100. The molecule has 0 spiro atoms. The molecule has 1 amide bonds. The average molecular weight is 413 g/mol. The minimum atomic E-state index is -0.496. The van der Waals surface area contributed by atoms with Crippen molar-refractivity contribution in [1.82, 2.24) is 10.3 Å². The molecule has 132 valence electrons. The Morgan fingerprint density at radius 3 is 2.58 bits per heavy atom. The van der Waals surface area contributed by atoms with Gasteiger partial charge in [0, 0.05) is 22.4 Å². The highest BCUT2D eigenvalue weighted by Gasteiger charge is 2.16. The van der Waals surface area contributed by atoms with Crippen LogP contribution in [0.25, 0.3) is 0 Å². The van der Waals surface area contributed by atoms with Gasteiger partial charge in [0.05, 0.1) is 12.6 Å². The van der Waals surface area contributed by atoms with Crippen LogP contribution in [-0.2, 0) is 0 Å². The molecule has 2 aromatic carbocycles. The summed E-state index contributed by atoms with van der Waals surface area (Å²) in [4.78, 5) is 16.5. The molecule has 1 aromatic heterocycles. The summed E-state index contributed by atoms with van der Waals surface area (Å²) in [5.41, 5.74) is 1.27. The highest BCUT2D eigenvalue weighted by Crippen LogP contribution is 2.22. The van der Waals surface area contributed by atoms with Crippen molar-refractivity contribution in [1.29, 1.82) is 0 Å². The second kappa shape index (κ2) is 8.60. The largest absolute Gasteiger partial charge is 0.457 e. The highest BCUT2D eigenvalue weighted by atomic mass is 79.9. The van der Waals surface area contributed by atoms with Crippen molar-refractivity contribution >= 4 is 21.8 Å². The zero-order valence-corrected chi connectivity index (χ0v) is 15.4. The zero-order chi connectivity index (χ0) is 18.4. The van der Waals surface area contributed by atoms with Gasteiger partial charge in [-0.25, -0.2) is 0 Å². The molecule has 6 heteroatoms. The number of benzene rings is 2. The Labute approximate surface area is 159 Å². The van der Waals surface area contributed by atoms with Gasteiger partial charge in [0.1, 0.15) is 11.5 Å². The topological polar surface area (TPSA) is 71.5 Å². The molecule has 0 aliphatic rings. The van der Waals surface area contributed by atoms with Crippen LogP contribution in [0.5, 0.6) is 11.5 Å². The number of aliphatic hydroxyl groups excluding tert-OH is 1. The molecule has 0 radical (unpaired) electrons. The van der Waals surface area contributed by atoms with E-state index in [1.54, 1.807) is 48.8 Å². The molecule has 1 atom stereocenters. The van der Waals surface area contributed by atoms with Gasteiger partial charge >= 0.3 is 0 Å². The van der Waals surface area contributed by atoms with Crippen molar-refractivity contribution < 1.29 is 14.6 Å². The first kappa shape index (κ1) is 18.1. The summed E-state index contributed by atoms with van der Waals surface area (Å²) in [5, 5.41) is 12.5. The molecule has 5 nitrogen and oxygen atoms in total. The molecule has 26 heavy (non-hydrogen) atoms. The Balaban J connectivity index is 1.74. The lowest BCUT2D eigenvalue weighted by molar-refractivity contribution is 0.0916. The Morgan fingerprint density at radius 2 is 1.85 bits per heavy atom. The van der Waals surface area contributed by atoms with Gasteiger partial charge in [0.2, 0.25) is 0 Å². The van der Waals surface area contributed by atoms with Gasteiger partial charge in [-0.1, -0.05) is 34.1 Å². The average Bonchev–Trinajstić information content (AvgIpc) is 2.67. The Morgan fingerprint density at radius 1 is 1.08 bits per heavy atom. The fourth-order valence-corrected chi connectivity index (χ4v) is 2.86. The van der Waals surface area contributed by atoms with Gasteiger partial charge in [0.25, 0.3) is 5.91 Å². The maximum Gasteiger partial charge on any atom is 0.251 e. The number of aliphatic hydroxyl groups is 1. The maximum atomic E-state index is 12.6. The number of halogens is 1. The predicted molar refractivity (Wildman–Crippen MR) is 102 cm³/mol. The third-order valence-corrected chi connectivity index (χ3v) is 4.21. The summed E-state index contributed by atoms with van der Waals surface area (Å²) in [6.45, 7) is -0.199. The molecule has 0 aliphatic heterocycles. The summed E-state index contributed by atoms with van der Waals surface area (Å²) in [6.07, 6.45) is 3.27. The molecule has 3 rings (SSSR count). The highest BCUT2D eigenvalue weighted by molar-refractivity contribution is 9.10. The van der Waals surface area contributed by atoms with Crippen LogP contribution in [0.2, 0.25) is 0 Å². The van der Waals surface area contributed by atoms with Crippen molar-refractivity contribution in [2.24, 2.45) is 0 Å². The minimum absolute atomic E-state index is 0.199. The van der Waals surface area contributed by atoms with Crippen LogP contribution in [-0.4, -0.2) is 22.6 Å². The molecule has 1 heterocycles. The number of pyridine rings is 1. The number of hydrogen-bond donors (Lipinski definition) is 2. The monoisotopic (exact) mass is 412 g/mol. The second-order valence-corrected chi connectivity index (χ2v) is 6.49. The maximum absolute atomic E-state index is 12.6. The number of hydrogen-bond acceptors (Lipinski definition) is 4. The van der Waals surface area contributed by atoms with Crippen LogP contribution in [0, 0.1) is 0 Å². The standard InChI is InChI=1S/C20H17BrN2O3/c21-16-5-1-3-14(11-16)19(13-24)23-20(25)15-4-2-6-18(12-15)26-17-7-9-22-10-8-17/h1-12,19,24H,13H2,(H,23,25)/t19-/m0/s1. The molecular formula is C20H17BrN2O3. The number of carbonyl (C=O) groups is 1. The smallest absolute Gasteiger partial charge is 0.251 e. The molecule has 0 unspecified atom stereocenters. The Hall–Kier alpha value is -2.70. The fourth-order valence-electron chi connectivity index (χ4n) is 2.44. The van der Waals surface area contributed by atoms with Gasteiger partial charge in [0.15, 0.2) is 0 Å². The van der Waals surface area contributed by atoms with Crippen LogP contribution in [0.3, 0.4) is 0 Å². The van der Waals surface area contributed by atoms with E-state index in [1.807, 2.05) is 24.3 Å². The number of amides is 1. The number of aromatic nitrogens is 1. The van der Waals surface area contributed by atoms with Crippen molar-refractivity contribution in [2.45, 2.75) is 6.04 Å². The summed E-state index contributed by atoms with van der Waals surface area (Å²) >= 11 is 3.40. The SMILES string of the molecule is O=C(N[C@@H](CO)c1cccc(Br)c1)c1cccc(Oc2ccncc2)c1. The van der Waals surface area contributed by atoms with E-state index in [-0.39, 0.29) is 12.5 Å². The van der Waals surface area contributed by atoms with Crippen LogP contribution < -0.4 is 10.1 Å². The van der Waals surface area contributed by atoms with E-state index in [4.69, 9.17) is 4.74 Å². The van der Waals surface area contributed by atoms with Gasteiger partial charge in [-0.05, 0) is 48.0 Å². The van der Waals surface area contributed by atoms with Gasteiger partial charge in [-0.3, -0.25) is 9.78 Å². The van der Waals surface area contributed by atoms with E-state index in [2.05, 4.69) is 26.2 Å². The Kier molecular flexibility index (Phi) is 5.99. The normalized spacial score (nSPS) is 11.6. The second-order valence-electron chi connectivity index (χ2n) is 5.58. The summed E-state index contributed by atoms with van der Waals surface area (Å²) in [5.74, 6) is 0.899. The molecule has 0 aliphatic carbocycles. The number of rotatable bonds is 6. The van der Waals surface area contributed by atoms with Crippen LogP contribution >= 0.6 is 15.9 Å². The molecule has 0 saturated carbocycles. The third-order valence-electron chi connectivity index (χ3n) is 3.72. The van der Waals surface area contributed by atoms with Gasteiger partial charge in [-0.15, -0.1) is 0 Å². The van der Waals surface area contributed by atoms with E-state index >= 15 is 0 Å². The number of ether oxygens (including phenoxy) is 1. The summed E-state index contributed by atoms with van der Waals surface area (Å²) in [6, 6.07) is 17.3. The van der Waals surface area contributed by atoms with Crippen molar-refractivity contribution in [2.75, 3.05) is 6.61 Å². The van der Waals surface area contributed by atoms with E-state index < -0.39 is 6.04 Å². The number of nitrogens with zero attached hydrogens (tertiary/aromatic N) is 1. The predicted octanol–water partition coefficient (Wildman–Crippen LogP) is 4.10. The first-order valence-electron chi connectivity index (χ1n) is 8.01. The zero-order valence-electron chi connectivity index (χ0n) is 13.8. The van der Waals surface area contributed by atoms with Gasteiger partial charge in [-0.2, -0.15) is 0 Å². The van der Waals surface area contributed by atoms with E-state index in [1.165, 1.54) is 0 Å². The van der Waals surface area contributed by atoms with Crippen LogP contribution in [0.15, 0.2) is 77.5 Å². The first-order valence-corrected chi connectivity index (χ1v) is 8.80. The van der Waals surface area contributed by atoms with Crippen molar-refractivity contribution in [3.05, 3.63) is 88.7 Å². The number of carbonyl (C=O) groups excluding carboxylic acids is 1. The molecule has 2 N–H and O–H groups in total. The molecule has 0 fully saturated rings. The van der Waals surface area contributed by atoms with E-state index in [9.17, 15) is 9.90 Å². The molecular weight excluding hydrogens is 396 g/mol. The lowest BCUT2D eigenvalue weighted by Gasteiger charge is -2.17. The van der Waals surface area contributed by atoms with Gasteiger partial charge < -0.3 is 15.2 Å². The van der Waals surface area contributed by atoms with Crippen LogP contribution in [0.1, 0.15) is 22.0 Å². The summed E-state index contributed by atoms with van der Waals surface area (Å²) in [7, 11) is 0. The molecule has 0 saturated heterocycles. The number of nitrogens with one attached hydrogen (secondary N) is 1. The lowest BCUT2D eigenvalue weighted by atomic mass is 10.1. The quantitative estimate of drug-likeness (QED) is 0.639. The molecule has 0 bridgehead atoms. The van der Waals surface area contributed by atoms with Crippen LogP contribution in [0.4, 0.5) is 0 Å². The summed E-state index contributed by atoms with van der Waals surface area (Å²) < 4.78 is 6.61. The van der Waals surface area contributed by atoms with E-state index in [0.29, 0.717) is 17.1 Å². The van der Waals surface area contributed by atoms with Crippen molar-refractivity contribution in [3.8, 4) is 11.5 Å². The lowest BCUT2D eigenvalue weighted by Crippen LogP contribution is -2.30. The Bertz CT molecular complexity index is 887. The van der Waals surface area contributed by atoms with E-state index in [0.717, 1.165) is 10.0 Å². The third kappa shape index (κ3) is 4.68. The minimum Gasteiger partial charge on any atom is -0.457 e.